The van der Waals surface area contributed by atoms with E-state index in [1.54, 1.807) is 0 Å². The quantitative estimate of drug-likeness (QED) is 0.654. The second kappa shape index (κ2) is 5.85. The molecule has 0 heteroatoms. The van der Waals surface area contributed by atoms with Crippen molar-refractivity contribution in [3.63, 3.8) is 0 Å². The second-order valence-corrected chi connectivity index (χ2v) is 3.97. The molecule has 1 radical (unpaired) electrons. The molecule has 1 aromatic rings. The minimum absolute atomic E-state index is 1.04. The predicted octanol–water partition coefficient (Wildman–Crippen LogP) is 4.10. The average molecular weight is 189 g/mol. The molecule has 0 aliphatic heterocycles. The number of hydrogen-bond acceptors (Lipinski definition) is 0. The Labute approximate surface area is 88.4 Å². The minimum atomic E-state index is 1.04. The van der Waals surface area contributed by atoms with Crippen LogP contribution in [-0.4, -0.2) is 0 Å². The monoisotopic (exact) mass is 189 g/mol. The van der Waals surface area contributed by atoms with Crippen LogP contribution in [0.1, 0.15) is 42.9 Å². The highest BCUT2D eigenvalue weighted by molar-refractivity contribution is 5.31. The molecular weight excluding hydrogens is 168 g/mol. The molecule has 0 N–H and O–H groups in total. The van der Waals surface area contributed by atoms with Crippen LogP contribution in [0.4, 0.5) is 0 Å². The highest BCUT2D eigenvalue weighted by Crippen LogP contribution is 2.14. The summed E-state index contributed by atoms with van der Waals surface area (Å²) in [5, 5.41) is 0. The lowest BCUT2D eigenvalue weighted by Crippen LogP contribution is -1.92. The molecule has 0 aliphatic carbocycles. The molecule has 0 fully saturated rings. The van der Waals surface area contributed by atoms with E-state index in [1.807, 2.05) is 0 Å². The van der Waals surface area contributed by atoms with E-state index in [2.05, 4.69) is 39.0 Å². The van der Waals surface area contributed by atoms with Crippen LogP contribution >= 0.6 is 0 Å². The molecule has 77 valence electrons. The fraction of sp³-hybridized carbons (Fsp3) is 0.500. The van der Waals surface area contributed by atoms with Crippen LogP contribution in [0.15, 0.2) is 18.2 Å². The summed E-state index contributed by atoms with van der Waals surface area (Å²) >= 11 is 0. The van der Waals surface area contributed by atoms with Crippen molar-refractivity contribution in [2.45, 2.75) is 46.0 Å². The standard InChI is InChI=1S/C14H21/c1-4-6-8-14-10-9-13(7-5-2)11-12(14)3/h9-11H,1,4-8H2,2-3H3. The van der Waals surface area contributed by atoms with Gasteiger partial charge in [-0.05, 0) is 42.9 Å². The van der Waals surface area contributed by atoms with Gasteiger partial charge in [-0.3, -0.25) is 0 Å². The molecule has 14 heavy (non-hydrogen) atoms. The summed E-state index contributed by atoms with van der Waals surface area (Å²) in [6.07, 6.45) is 5.86. The van der Waals surface area contributed by atoms with Gasteiger partial charge in [-0.25, -0.2) is 0 Å². The van der Waals surface area contributed by atoms with Gasteiger partial charge in [-0.2, -0.15) is 0 Å². The van der Waals surface area contributed by atoms with Gasteiger partial charge in [0.15, 0.2) is 0 Å². The van der Waals surface area contributed by atoms with Crippen molar-refractivity contribution < 1.29 is 0 Å². The predicted molar refractivity (Wildman–Crippen MR) is 63.5 cm³/mol. The third-order valence-corrected chi connectivity index (χ3v) is 2.64. The Morgan fingerprint density at radius 3 is 2.57 bits per heavy atom. The number of unbranched alkanes of at least 4 members (excludes halogenated alkanes) is 1. The fourth-order valence-electron chi connectivity index (χ4n) is 1.80. The number of aryl methyl sites for hydroxylation is 3. The summed E-state index contributed by atoms with van der Waals surface area (Å²) in [6, 6.07) is 6.90. The highest BCUT2D eigenvalue weighted by atomic mass is 14.0. The largest absolute Gasteiger partial charge is 0.0651 e. The first-order valence-corrected chi connectivity index (χ1v) is 5.65. The molecule has 0 bridgehead atoms. The first-order valence-electron chi connectivity index (χ1n) is 5.65. The van der Waals surface area contributed by atoms with Gasteiger partial charge in [0.1, 0.15) is 0 Å². The van der Waals surface area contributed by atoms with E-state index < -0.39 is 0 Å². The molecule has 1 rings (SSSR count). The zero-order valence-corrected chi connectivity index (χ0v) is 9.47. The van der Waals surface area contributed by atoms with Crippen LogP contribution in [0, 0.1) is 13.8 Å². The van der Waals surface area contributed by atoms with Crippen molar-refractivity contribution in [2.75, 3.05) is 0 Å². The molecule has 0 amide bonds. The topological polar surface area (TPSA) is 0 Å². The maximum absolute atomic E-state index is 3.88. The molecule has 0 saturated heterocycles. The molecule has 0 saturated carbocycles. The smallest absolute Gasteiger partial charge is 0.0276 e. The van der Waals surface area contributed by atoms with Gasteiger partial charge in [0.05, 0.1) is 0 Å². The number of rotatable bonds is 5. The molecule has 0 spiro atoms. The Morgan fingerprint density at radius 1 is 1.21 bits per heavy atom. The average Bonchev–Trinajstić information content (AvgIpc) is 2.17. The van der Waals surface area contributed by atoms with Crippen molar-refractivity contribution in [3.05, 3.63) is 41.8 Å². The van der Waals surface area contributed by atoms with Crippen LogP contribution in [-0.2, 0) is 12.8 Å². The summed E-state index contributed by atoms with van der Waals surface area (Å²) in [6.45, 7) is 8.33. The molecule has 0 aromatic heterocycles. The molecule has 0 unspecified atom stereocenters. The summed E-state index contributed by atoms with van der Waals surface area (Å²) < 4.78 is 0. The summed E-state index contributed by atoms with van der Waals surface area (Å²) in [5.74, 6) is 0. The third kappa shape index (κ3) is 3.17. The number of hydrogen-bond donors (Lipinski definition) is 0. The molecular formula is C14H21. The Kier molecular flexibility index (Phi) is 4.72. The van der Waals surface area contributed by atoms with Gasteiger partial charge >= 0.3 is 0 Å². The third-order valence-electron chi connectivity index (χ3n) is 2.64. The van der Waals surface area contributed by atoms with E-state index in [4.69, 9.17) is 0 Å². The molecule has 0 nitrogen and oxygen atoms in total. The SMILES string of the molecule is [CH2]CCCc1ccc(CCC)cc1C. The van der Waals surface area contributed by atoms with Crippen molar-refractivity contribution in [1.82, 2.24) is 0 Å². The maximum Gasteiger partial charge on any atom is -0.0276 e. The lowest BCUT2D eigenvalue weighted by molar-refractivity contribution is 0.832. The van der Waals surface area contributed by atoms with Gasteiger partial charge in [-0.15, -0.1) is 0 Å². The summed E-state index contributed by atoms with van der Waals surface area (Å²) in [7, 11) is 0. The van der Waals surface area contributed by atoms with Gasteiger partial charge in [0.2, 0.25) is 0 Å². The van der Waals surface area contributed by atoms with Gasteiger partial charge in [0, 0.05) is 0 Å². The van der Waals surface area contributed by atoms with Crippen LogP contribution < -0.4 is 0 Å². The zero-order valence-electron chi connectivity index (χ0n) is 9.47. The fourth-order valence-corrected chi connectivity index (χ4v) is 1.80. The van der Waals surface area contributed by atoms with Crippen molar-refractivity contribution in [3.8, 4) is 0 Å². The van der Waals surface area contributed by atoms with E-state index in [0.717, 1.165) is 6.42 Å². The van der Waals surface area contributed by atoms with E-state index in [-0.39, 0.29) is 0 Å². The second-order valence-electron chi connectivity index (χ2n) is 3.97. The van der Waals surface area contributed by atoms with Gasteiger partial charge in [0.25, 0.3) is 0 Å². The van der Waals surface area contributed by atoms with Crippen LogP contribution in [0.25, 0.3) is 0 Å². The molecule has 0 heterocycles. The van der Waals surface area contributed by atoms with E-state index in [1.165, 1.54) is 42.4 Å². The summed E-state index contributed by atoms with van der Waals surface area (Å²) in [4.78, 5) is 0. The lowest BCUT2D eigenvalue weighted by Gasteiger charge is -2.07. The lowest BCUT2D eigenvalue weighted by atomic mass is 9.99. The Bertz CT molecular complexity index is 273. The molecule has 1 aromatic carbocycles. The van der Waals surface area contributed by atoms with Crippen LogP contribution in [0.3, 0.4) is 0 Å². The van der Waals surface area contributed by atoms with Crippen molar-refractivity contribution in [2.24, 2.45) is 0 Å². The van der Waals surface area contributed by atoms with Crippen molar-refractivity contribution in [1.29, 1.82) is 0 Å². The highest BCUT2D eigenvalue weighted by Gasteiger charge is 1.99. The van der Waals surface area contributed by atoms with E-state index >= 15 is 0 Å². The molecule has 0 aliphatic rings. The Balaban J connectivity index is 2.68. The first kappa shape index (κ1) is 11.3. The summed E-state index contributed by atoms with van der Waals surface area (Å²) in [5.41, 5.74) is 4.42. The van der Waals surface area contributed by atoms with E-state index in [0.29, 0.717) is 0 Å². The normalized spacial score (nSPS) is 10.5. The number of benzene rings is 1. The van der Waals surface area contributed by atoms with Crippen LogP contribution in [0.2, 0.25) is 0 Å². The van der Waals surface area contributed by atoms with Gasteiger partial charge < -0.3 is 0 Å². The van der Waals surface area contributed by atoms with E-state index in [9.17, 15) is 0 Å². The van der Waals surface area contributed by atoms with Crippen LogP contribution in [0.5, 0.6) is 0 Å². The maximum atomic E-state index is 3.88. The van der Waals surface area contributed by atoms with Gasteiger partial charge in [-0.1, -0.05) is 44.9 Å². The minimum Gasteiger partial charge on any atom is -0.0651 e. The Hall–Kier alpha value is -0.780. The Morgan fingerprint density at radius 2 is 2.00 bits per heavy atom. The molecule has 0 atom stereocenters. The first-order chi connectivity index (χ1) is 6.77. The van der Waals surface area contributed by atoms with Crippen molar-refractivity contribution >= 4 is 0 Å². The zero-order chi connectivity index (χ0) is 10.4.